The Bertz CT molecular complexity index is 696. The quantitative estimate of drug-likeness (QED) is 0.943. The number of piperazine rings is 1. The van der Waals surface area contributed by atoms with Crippen LogP contribution < -0.4 is 0 Å². The van der Waals surface area contributed by atoms with Gasteiger partial charge in [-0.05, 0) is 24.8 Å². The van der Waals surface area contributed by atoms with Crippen molar-refractivity contribution in [3.63, 3.8) is 0 Å². The third kappa shape index (κ3) is 3.18. The van der Waals surface area contributed by atoms with Gasteiger partial charge in [0.1, 0.15) is 0 Å². The molecule has 2 aliphatic rings. The summed E-state index contributed by atoms with van der Waals surface area (Å²) in [5, 5.41) is 8.14. The second kappa shape index (κ2) is 6.93. The van der Waals surface area contributed by atoms with E-state index >= 15 is 0 Å². The van der Waals surface area contributed by atoms with Crippen molar-refractivity contribution < 1.29 is 4.79 Å². The molecule has 0 radical (unpaired) electrons. The predicted molar refractivity (Wildman–Crippen MR) is 95.0 cm³/mol. The Hall–Kier alpha value is -1.88. The molecule has 1 N–H and O–H groups in total. The summed E-state index contributed by atoms with van der Waals surface area (Å²) in [5.74, 6) is 0.932. The van der Waals surface area contributed by atoms with Crippen LogP contribution in [-0.4, -0.2) is 58.6 Å². The second-order valence-corrected chi connectivity index (χ2v) is 7.21. The molecule has 5 heteroatoms. The number of benzene rings is 1. The van der Waals surface area contributed by atoms with Gasteiger partial charge in [-0.15, -0.1) is 0 Å². The predicted octanol–water partition coefficient (Wildman–Crippen LogP) is 2.90. The van der Waals surface area contributed by atoms with Gasteiger partial charge in [0.25, 0.3) is 5.91 Å². The number of fused-ring (bicyclic) bond motifs is 1. The Morgan fingerprint density at radius 3 is 2.62 bits per heavy atom. The second-order valence-electron chi connectivity index (χ2n) is 7.21. The highest BCUT2D eigenvalue weighted by Gasteiger charge is 2.26. The fraction of sp³-hybridized carbons (Fsp3) is 0.579. The van der Waals surface area contributed by atoms with Crippen LogP contribution in [0.5, 0.6) is 0 Å². The zero-order valence-electron chi connectivity index (χ0n) is 14.2. The number of rotatable bonds is 3. The molecule has 0 spiro atoms. The van der Waals surface area contributed by atoms with E-state index in [1.807, 2.05) is 29.2 Å². The van der Waals surface area contributed by atoms with Crippen molar-refractivity contribution in [1.29, 1.82) is 0 Å². The molecular formula is C19H26N4O. The lowest BCUT2D eigenvalue weighted by Gasteiger charge is -2.37. The number of aromatic amines is 1. The molecule has 1 aromatic carbocycles. The Morgan fingerprint density at radius 2 is 1.83 bits per heavy atom. The maximum Gasteiger partial charge on any atom is 0.275 e. The van der Waals surface area contributed by atoms with Crippen LogP contribution in [0.2, 0.25) is 0 Å². The number of carbonyl (C=O) groups excluding carboxylic acids is 1. The maximum atomic E-state index is 12.8. The van der Waals surface area contributed by atoms with Gasteiger partial charge in [0.15, 0.2) is 5.69 Å². The summed E-state index contributed by atoms with van der Waals surface area (Å²) in [6, 6.07) is 7.84. The highest BCUT2D eigenvalue weighted by atomic mass is 16.2. The minimum absolute atomic E-state index is 0.0600. The monoisotopic (exact) mass is 326 g/mol. The van der Waals surface area contributed by atoms with Crippen molar-refractivity contribution in [2.75, 3.05) is 32.7 Å². The highest BCUT2D eigenvalue weighted by molar-refractivity contribution is 6.04. The lowest BCUT2D eigenvalue weighted by atomic mass is 9.89. The molecular weight excluding hydrogens is 300 g/mol. The highest BCUT2D eigenvalue weighted by Crippen LogP contribution is 2.25. The fourth-order valence-electron chi connectivity index (χ4n) is 4.14. The molecule has 2 aromatic rings. The first-order chi connectivity index (χ1) is 11.8. The SMILES string of the molecule is O=C(c1n[nH]c2ccccc12)N1CCN(CC2CCCCC2)CC1. The van der Waals surface area contributed by atoms with Gasteiger partial charge in [-0.2, -0.15) is 5.10 Å². The normalized spacial score (nSPS) is 20.6. The number of aromatic nitrogens is 2. The third-order valence-electron chi connectivity index (χ3n) is 5.57. The van der Waals surface area contributed by atoms with Crippen molar-refractivity contribution in [2.24, 2.45) is 5.92 Å². The molecule has 2 heterocycles. The van der Waals surface area contributed by atoms with Gasteiger partial charge in [-0.25, -0.2) is 0 Å². The minimum atomic E-state index is 0.0600. The molecule has 0 unspecified atom stereocenters. The van der Waals surface area contributed by atoms with E-state index in [-0.39, 0.29) is 5.91 Å². The summed E-state index contributed by atoms with van der Waals surface area (Å²) in [6.45, 7) is 4.82. The van der Waals surface area contributed by atoms with E-state index in [1.165, 1.54) is 38.6 Å². The van der Waals surface area contributed by atoms with E-state index in [0.717, 1.165) is 43.0 Å². The Kier molecular flexibility index (Phi) is 4.52. The molecule has 24 heavy (non-hydrogen) atoms. The molecule has 1 aliphatic carbocycles. The summed E-state index contributed by atoms with van der Waals surface area (Å²) >= 11 is 0. The van der Waals surface area contributed by atoms with Crippen molar-refractivity contribution >= 4 is 16.8 Å². The van der Waals surface area contributed by atoms with Crippen LogP contribution >= 0.6 is 0 Å². The summed E-state index contributed by atoms with van der Waals surface area (Å²) in [5.41, 5.74) is 1.49. The van der Waals surface area contributed by atoms with Gasteiger partial charge < -0.3 is 4.90 Å². The lowest BCUT2D eigenvalue weighted by Crippen LogP contribution is -2.50. The van der Waals surface area contributed by atoms with Crippen LogP contribution in [0.25, 0.3) is 10.9 Å². The van der Waals surface area contributed by atoms with Gasteiger partial charge in [0, 0.05) is 38.1 Å². The Balaban J connectivity index is 1.36. The van der Waals surface area contributed by atoms with Gasteiger partial charge >= 0.3 is 0 Å². The number of hydrogen-bond donors (Lipinski definition) is 1. The summed E-state index contributed by atoms with van der Waals surface area (Å²) in [6.07, 6.45) is 6.98. The molecule has 2 fully saturated rings. The minimum Gasteiger partial charge on any atom is -0.335 e. The fourth-order valence-corrected chi connectivity index (χ4v) is 4.14. The van der Waals surface area contributed by atoms with Crippen LogP contribution in [0.3, 0.4) is 0 Å². The third-order valence-corrected chi connectivity index (χ3v) is 5.57. The zero-order chi connectivity index (χ0) is 16.4. The Labute approximate surface area is 143 Å². The average molecular weight is 326 g/mol. The van der Waals surface area contributed by atoms with E-state index in [2.05, 4.69) is 15.1 Å². The maximum absolute atomic E-state index is 12.8. The number of nitrogens with zero attached hydrogens (tertiary/aromatic N) is 3. The molecule has 1 aromatic heterocycles. The average Bonchev–Trinajstić information content (AvgIpc) is 3.07. The first-order valence-corrected chi connectivity index (χ1v) is 9.26. The van der Waals surface area contributed by atoms with Crippen molar-refractivity contribution in [3.05, 3.63) is 30.0 Å². The van der Waals surface area contributed by atoms with Crippen LogP contribution in [0, 0.1) is 5.92 Å². The van der Waals surface area contributed by atoms with Crippen molar-refractivity contribution in [3.8, 4) is 0 Å². The number of amides is 1. The number of para-hydroxylation sites is 1. The van der Waals surface area contributed by atoms with Gasteiger partial charge in [0.2, 0.25) is 0 Å². The molecule has 0 atom stereocenters. The van der Waals surface area contributed by atoms with Gasteiger partial charge in [0.05, 0.1) is 5.52 Å². The topological polar surface area (TPSA) is 52.2 Å². The summed E-state index contributed by atoms with van der Waals surface area (Å²) < 4.78 is 0. The van der Waals surface area contributed by atoms with E-state index in [4.69, 9.17) is 0 Å². The first-order valence-electron chi connectivity index (χ1n) is 9.26. The molecule has 1 aliphatic heterocycles. The molecule has 1 saturated heterocycles. The number of nitrogens with one attached hydrogen (secondary N) is 1. The van der Waals surface area contributed by atoms with E-state index in [9.17, 15) is 4.79 Å². The lowest BCUT2D eigenvalue weighted by molar-refractivity contribution is 0.0602. The van der Waals surface area contributed by atoms with Gasteiger partial charge in [-0.1, -0.05) is 37.5 Å². The number of carbonyl (C=O) groups is 1. The molecule has 128 valence electrons. The van der Waals surface area contributed by atoms with Crippen molar-refractivity contribution in [2.45, 2.75) is 32.1 Å². The first kappa shape index (κ1) is 15.6. The van der Waals surface area contributed by atoms with Gasteiger partial charge in [-0.3, -0.25) is 14.8 Å². The molecule has 4 rings (SSSR count). The van der Waals surface area contributed by atoms with E-state index < -0.39 is 0 Å². The number of H-pyrrole nitrogens is 1. The summed E-state index contributed by atoms with van der Waals surface area (Å²) in [4.78, 5) is 17.3. The smallest absolute Gasteiger partial charge is 0.275 e. The Morgan fingerprint density at radius 1 is 1.08 bits per heavy atom. The molecule has 0 bridgehead atoms. The number of hydrogen-bond acceptors (Lipinski definition) is 3. The summed E-state index contributed by atoms with van der Waals surface area (Å²) in [7, 11) is 0. The van der Waals surface area contributed by atoms with Crippen LogP contribution in [0.15, 0.2) is 24.3 Å². The zero-order valence-corrected chi connectivity index (χ0v) is 14.2. The standard InChI is InChI=1S/C19H26N4O/c24-19(18-16-8-4-5-9-17(16)20-21-18)23-12-10-22(11-13-23)14-15-6-2-1-3-7-15/h4-5,8-9,15H,1-3,6-7,10-14H2,(H,20,21). The van der Waals surface area contributed by atoms with Crippen LogP contribution in [-0.2, 0) is 0 Å². The molecule has 1 amide bonds. The van der Waals surface area contributed by atoms with Crippen LogP contribution in [0.1, 0.15) is 42.6 Å². The molecule has 5 nitrogen and oxygen atoms in total. The van der Waals surface area contributed by atoms with E-state index in [0.29, 0.717) is 5.69 Å². The largest absolute Gasteiger partial charge is 0.335 e. The van der Waals surface area contributed by atoms with Crippen molar-refractivity contribution in [1.82, 2.24) is 20.0 Å². The van der Waals surface area contributed by atoms with Crippen LogP contribution in [0.4, 0.5) is 0 Å². The van der Waals surface area contributed by atoms with E-state index in [1.54, 1.807) is 0 Å². The molecule has 1 saturated carbocycles.